The van der Waals surface area contributed by atoms with E-state index in [4.69, 9.17) is 11.6 Å². The third-order valence-electron chi connectivity index (χ3n) is 3.78. The molecule has 0 unspecified atom stereocenters. The molecule has 9 heteroatoms. The average Bonchev–Trinajstić information content (AvgIpc) is 2.61. The van der Waals surface area contributed by atoms with Crippen molar-refractivity contribution in [1.82, 2.24) is 9.88 Å². The Hall–Kier alpha value is -2.61. The zero-order valence-corrected chi connectivity index (χ0v) is 15.1. The van der Waals surface area contributed by atoms with Gasteiger partial charge in [-0.15, -0.1) is 0 Å². The number of hydrogen-bond acceptors (Lipinski definition) is 3. The molecular formula is C18H17ClF3N3O2. The van der Waals surface area contributed by atoms with Crippen molar-refractivity contribution in [2.24, 2.45) is 0 Å². The molecule has 0 aliphatic carbocycles. The van der Waals surface area contributed by atoms with E-state index in [1.165, 1.54) is 18.0 Å². The number of hydrogen-bond donors (Lipinski definition) is 1. The van der Waals surface area contributed by atoms with Gasteiger partial charge in [0.2, 0.25) is 11.8 Å². The number of carbonyl (C=O) groups excluding carboxylic acids is 2. The van der Waals surface area contributed by atoms with Gasteiger partial charge < -0.3 is 10.2 Å². The van der Waals surface area contributed by atoms with Crippen LogP contribution in [0, 0.1) is 0 Å². The molecule has 0 radical (unpaired) electrons. The summed E-state index contributed by atoms with van der Waals surface area (Å²) in [5.41, 5.74) is -0.531. The number of likely N-dealkylation sites (N-methyl/N-ethyl adjacent to an activating group) is 1. The van der Waals surface area contributed by atoms with Crippen molar-refractivity contribution in [3.05, 3.63) is 58.9 Å². The highest BCUT2D eigenvalue weighted by atomic mass is 35.5. The van der Waals surface area contributed by atoms with Gasteiger partial charge in [-0.3, -0.25) is 14.6 Å². The molecule has 0 aliphatic rings. The van der Waals surface area contributed by atoms with E-state index >= 15 is 0 Å². The van der Waals surface area contributed by atoms with Gasteiger partial charge in [-0.25, -0.2) is 0 Å². The van der Waals surface area contributed by atoms with E-state index in [0.717, 1.165) is 17.7 Å². The first kappa shape index (κ1) is 20.7. The van der Waals surface area contributed by atoms with Gasteiger partial charge in [0, 0.05) is 31.0 Å². The van der Waals surface area contributed by atoms with Gasteiger partial charge in [0.15, 0.2) is 0 Å². The average molecular weight is 400 g/mol. The summed E-state index contributed by atoms with van der Waals surface area (Å²) in [6.07, 6.45) is -1.41. The highest BCUT2D eigenvalue weighted by Crippen LogP contribution is 2.36. The van der Waals surface area contributed by atoms with E-state index in [9.17, 15) is 22.8 Å². The minimum Gasteiger partial charge on any atom is -0.345 e. The molecule has 0 saturated heterocycles. The van der Waals surface area contributed by atoms with Gasteiger partial charge in [0.25, 0.3) is 0 Å². The molecule has 27 heavy (non-hydrogen) atoms. The molecule has 2 rings (SSSR count). The number of aromatic nitrogens is 1. The lowest BCUT2D eigenvalue weighted by Crippen LogP contribution is -2.32. The predicted molar refractivity (Wildman–Crippen MR) is 95.3 cm³/mol. The van der Waals surface area contributed by atoms with Crippen LogP contribution in [-0.2, 0) is 22.2 Å². The van der Waals surface area contributed by atoms with Crippen molar-refractivity contribution >= 4 is 29.1 Å². The molecule has 2 aromatic rings. The normalized spacial score (nSPS) is 11.1. The Balaban J connectivity index is 1.94. The Morgan fingerprint density at radius 2 is 1.85 bits per heavy atom. The summed E-state index contributed by atoms with van der Waals surface area (Å²) in [6, 6.07) is 6.63. The first-order valence-electron chi connectivity index (χ1n) is 7.96. The van der Waals surface area contributed by atoms with Gasteiger partial charge >= 0.3 is 6.18 Å². The number of nitrogens with one attached hydrogen (secondary N) is 1. The number of rotatable bonds is 6. The number of carbonyl (C=O) groups is 2. The zero-order chi connectivity index (χ0) is 20.0. The zero-order valence-electron chi connectivity index (χ0n) is 14.4. The van der Waals surface area contributed by atoms with E-state index < -0.39 is 35.7 Å². The van der Waals surface area contributed by atoms with Crippen LogP contribution in [0.5, 0.6) is 0 Å². The standard InChI is InChI=1S/C18H17ClF3N3O2/c1-25(9-6-12-4-7-23-8-5-12)17(27)11-16(26)24-15-3-2-13(19)10-14(15)18(20,21)22/h2-5,7-8,10H,6,9,11H2,1H3,(H,24,26). The lowest BCUT2D eigenvalue weighted by Gasteiger charge is -2.18. The first-order valence-corrected chi connectivity index (χ1v) is 8.34. The lowest BCUT2D eigenvalue weighted by molar-refractivity contribution is -0.137. The third kappa shape index (κ3) is 6.25. The fourth-order valence-corrected chi connectivity index (χ4v) is 2.47. The molecular weight excluding hydrogens is 383 g/mol. The summed E-state index contributed by atoms with van der Waals surface area (Å²) in [4.78, 5) is 29.4. The van der Waals surface area contributed by atoms with Crippen molar-refractivity contribution in [2.45, 2.75) is 19.0 Å². The van der Waals surface area contributed by atoms with Crippen molar-refractivity contribution < 1.29 is 22.8 Å². The fourth-order valence-electron chi connectivity index (χ4n) is 2.30. The summed E-state index contributed by atoms with van der Waals surface area (Å²) < 4.78 is 39.1. The smallest absolute Gasteiger partial charge is 0.345 e. The molecule has 1 N–H and O–H groups in total. The Kier molecular flexibility index (Phi) is 6.79. The van der Waals surface area contributed by atoms with Crippen molar-refractivity contribution in [2.75, 3.05) is 18.9 Å². The maximum atomic E-state index is 13.0. The van der Waals surface area contributed by atoms with E-state index in [0.29, 0.717) is 13.0 Å². The van der Waals surface area contributed by atoms with Crippen LogP contribution in [0.2, 0.25) is 5.02 Å². The summed E-state index contributed by atoms with van der Waals surface area (Å²) in [5.74, 6) is -1.33. The van der Waals surface area contributed by atoms with Crippen molar-refractivity contribution in [3.8, 4) is 0 Å². The molecule has 0 atom stereocenters. The van der Waals surface area contributed by atoms with Crippen LogP contribution < -0.4 is 5.32 Å². The van der Waals surface area contributed by atoms with Crippen LogP contribution in [-0.4, -0.2) is 35.3 Å². The Labute approximate surface area is 159 Å². The van der Waals surface area contributed by atoms with E-state index in [2.05, 4.69) is 10.3 Å². The van der Waals surface area contributed by atoms with Crippen LogP contribution in [0.1, 0.15) is 17.5 Å². The molecule has 0 spiro atoms. The van der Waals surface area contributed by atoms with Crippen LogP contribution in [0.4, 0.5) is 18.9 Å². The summed E-state index contributed by atoms with van der Waals surface area (Å²) >= 11 is 5.59. The molecule has 144 valence electrons. The van der Waals surface area contributed by atoms with Gasteiger partial charge in [0.05, 0.1) is 11.3 Å². The van der Waals surface area contributed by atoms with Crippen LogP contribution in [0.3, 0.4) is 0 Å². The Morgan fingerprint density at radius 1 is 1.19 bits per heavy atom. The molecule has 0 fully saturated rings. The predicted octanol–water partition coefficient (Wildman–Crippen LogP) is 3.78. The minimum absolute atomic E-state index is 0.104. The number of alkyl halides is 3. The number of halogens is 4. The van der Waals surface area contributed by atoms with Crippen molar-refractivity contribution in [1.29, 1.82) is 0 Å². The molecule has 1 aromatic heterocycles. The maximum absolute atomic E-state index is 13.0. The molecule has 0 bridgehead atoms. The largest absolute Gasteiger partial charge is 0.418 e. The fraction of sp³-hybridized carbons (Fsp3) is 0.278. The SMILES string of the molecule is CN(CCc1ccncc1)C(=O)CC(=O)Nc1ccc(Cl)cc1C(F)(F)F. The van der Waals surface area contributed by atoms with Crippen LogP contribution in [0.15, 0.2) is 42.7 Å². The second-order valence-corrected chi connectivity index (χ2v) is 6.27. The molecule has 5 nitrogen and oxygen atoms in total. The van der Waals surface area contributed by atoms with Gasteiger partial charge in [-0.2, -0.15) is 13.2 Å². The summed E-state index contributed by atoms with van der Waals surface area (Å²) in [5, 5.41) is 2.03. The molecule has 0 aliphatic heterocycles. The number of anilines is 1. The minimum atomic E-state index is -4.68. The quantitative estimate of drug-likeness (QED) is 0.752. The maximum Gasteiger partial charge on any atom is 0.418 e. The van der Waals surface area contributed by atoms with Crippen molar-refractivity contribution in [3.63, 3.8) is 0 Å². The topological polar surface area (TPSA) is 62.3 Å². The molecule has 2 amide bonds. The Morgan fingerprint density at radius 3 is 2.48 bits per heavy atom. The highest BCUT2D eigenvalue weighted by Gasteiger charge is 2.34. The van der Waals surface area contributed by atoms with E-state index in [-0.39, 0.29) is 5.02 Å². The molecule has 1 aromatic carbocycles. The van der Waals surface area contributed by atoms with Gasteiger partial charge in [-0.1, -0.05) is 11.6 Å². The second kappa shape index (κ2) is 8.85. The van der Waals surface area contributed by atoms with E-state index in [1.54, 1.807) is 12.4 Å². The number of amides is 2. The van der Waals surface area contributed by atoms with E-state index in [1.807, 2.05) is 12.1 Å². The monoisotopic (exact) mass is 399 g/mol. The second-order valence-electron chi connectivity index (χ2n) is 5.83. The molecule has 1 heterocycles. The van der Waals surface area contributed by atoms with Gasteiger partial charge in [0.1, 0.15) is 6.42 Å². The number of pyridine rings is 1. The van der Waals surface area contributed by atoms with Crippen LogP contribution in [0.25, 0.3) is 0 Å². The summed E-state index contributed by atoms with van der Waals surface area (Å²) in [6.45, 7) is 0.366. The highest BCUT2D eigenvalue weighted by molar-refractivity contribution is 6.30. The Bertz CT molecular complexity index is 813. The first-order chi connectivity index (χ1) is 12.7. The molecule has 0 saturated carbocycles. The number of benzene rings is 1. The summed E-state index contributed by atoms with van der Waals surface area (Å²) in [7, 11) is 1.53. The number of nitrogens with zero attached hydrogens (tertiary/aromatic N) is 2. The van der Waals surface area contributed by atoms with Gasteiger partial charge in [-0.05, 0) is 42.3 Å². The third-order valence-corrected chi connectivity index (χ3v) is 4.02. The van der Waals surface area contributed by atoms with Crippen LogP contribution >= 0.6 is 11.6 Å². The lowest BCUT2D eigenvalue weighted by atomic mass is 10.1.